The van der Waals surface area contributed by atoms with Crippen LogP contribution >= 0.6 is 0 Å². The van der Waals surface area contributed by atoms with Gasteiger partial charge >= 0.3 is 6.03 Å². The van der Waals surface area contributed by atoms with Gasteiger partial charge in [-0.25, -0.2) is 4.79 Å². The molecule has 2 aromatic rings. The summed E-state index contributed by atoms with van der Waals surface area (Å²) in [6.07, 6.45) is 2.38. The Morgan fingerprint density at radius 2 is 1.48 bits per heavy atom. The van der Waals surface area contributed by atoms with Gasteiger partial charge in [-0.05, 0) is 62.7 Å². The van der Waals surface area contributed by atoms with Crippen LogP contribution in [0.4, 0.5) is 4.79 Å². The van der Waals surface area contributed by atoms with Crippen molar-refractivity contribution in [3.63, 3.8) is 0 Å². The number of methoxy groups -OCH3 is 1. The molecule has 1 unspecified atom stereocenters. The molecule has 176 valence electrons. The number of rotatable bonds is 6. The monoisotopic (exact) mass is 450 g/mol. The van der Waals surface area contributed by atoms with Crippen LogP contribution < -0.4 is 10.1 Å². The maximum Gasteiger partial charge on any atom is 0.317 e. The minimum Gasteiger partial charge on any atom is -0.497 e. The van der Waals surface area contributed by atoms with Crippen molar-refractivity contribution in [1.82, 2.24) is 20.0 Å². The minimum absolute atomic E-state index is 0.0312. The van der Waals surface area contributed by atoms with Gasteiger partial charge in [0.1, 0.15) is 5.75 Å². The Bertz CT molecular complexity index is 931. The second kappa shape index (κ2) is 10.7. The Labute approximate surface area is 196 Å². The molecule has 4 rings (SSSR count). The average Bonchev–Trinajstić information content (AvgIpc) is 3.39. The van der Waals surface area contributed by atoms with Gasteiger partial charge in [0.25, 0.3) is 5.91 Å². The molecule has 2 heterocycles. The highest BCUT2D eigenvalue weighted by molar-refractivity contribution is 5.94. The van der Waals surface area contributed by atoms with Crippen LogP contribution in [0.5, 0.6) is 5.75 Å². The van der Waals surface area contributed by atoms with E-state index >= 15 is 0 Å². The molecule has 3 amide bonds. The normalized spacial score (nSPS) is 17.6. The Morgan fingerprint density at radius 3 is 2.09 bits per heavy atom. The predicted molar refractivity (Wildman–Crippen MR) is 129 cm³/mol. The van der Waals surface area contributed by atoms with Gasteiger partial charge in [0.15, 0.2) is 0 Å². The summed E-state index contributed by atoms with van der Waals surface area (Å²) in [5.41, 5.74) is 3.02. The molecule has 33 heavy (non-hydrogen) atoms. The fourth-order valence-corrected chi connectivity index (χ4v) is 4.62. The number of carbonyl (C=O) groups is 2. The molecule has 1 atom stereocenters. The molecule has 7 heteroatoms. The van der Waals surface area contributed by atoms with E-state index in [2.05, 4.69) is 22.3 Å². The Hall–Kier alpha value is -3.06. The summed E-state index contributed by atoms with van der Waals surface area (Å²) in [4.78, 5) is 31.7. The molecule has 7 nitrogen and oxygen atoms in total. The summed E-state index contributed by atoms with van der Waals surface area (Å²) in [5.74, 6) is 0.865. The van der Waals surface area contributed by atoms with Crippen LogP contribution in [0.3, 0.4) is 0 Å². The van der Waals surface area contributed by atoms with Crippen molar-refractivity contribution in [3.05, 3.63) is 65.2 Å². The molecule has 2 saturated heterocycles. The number of aryl methyl sites for hydroxylation is 1. The fourth-order valence-electron chi connectivity index (χ4n) is 4.62. The van der Waals surface area contributed by atoms with Crippen molar-refractivity contribution in [3.8, 4) is 5.75 Å². The number of nitrogens with one attached hydrogen (secondary N) is 1. The van der Waals surface area contributed by atoms with Gasteiger partial charge < -0.3 is 19.9 Å². The van der Waals surface area contributed by atoms with Crippen LogP contribution in [0.15, 0.2) is 48.5 Å². The standard InChI is InChI=1S/C26H34N4O3/c1-20-5-7-22(8-6-20)25(31)29-15-17-30(18-16-29)26(32)27-19-24(28-13-3-4-14-28)21-9-11-23(33-2)12-10-21/h5-12,24H,3-4,13-19H2,1-2H3,(H,27,32). The van der Waals surface area contributed by atoms with Gasteiger partial charge in [-0.3, -0.25) is 9.69 Å². The maximum atomic E-state index is 12.9. The number of hydrogen-bond acceptors (Lipinski definition) is 4. The molecule has 0 aromatic heterocycles. The lowest BCUT2D eigenvalue weighted by atomic mass is 10.1. The van der Waals surface area contributed by atoms with Crippen LogP contribution in [-0.4, -0.2) is 79.6 Å². The second-order valence-corrected chi connectivity index (χ2v) is 8.86. The van der Waals surface area contributed by atoms with Crippen LogP contribution in [-0.2, 0) is 0 Å². The number of amides is 3. The molecule has 2 aromatic carbocycles. The minimum atomic E-state index is -0.0601. The van der Waals surface area contributed by atoms with E-state index in [0.717, 1.165) is 24.4 Å². The summed E-state index contributed by atoms with van der Waals surface area (Å²) in [7, 11) is 1.67. The Balaban J connectivity index is 1.31. The molecule has 2 aliphatic heterocycles. The van der Waals surface area contributed by atoms with Crippen molar-refractivity contribution in [2.75, 3.05) is 52.9 Å². The lowest BCUT2D eigenvalue weighted by Crippen LogP contribution is -2.53. The first-order valence-corrected chi connectivity index (χ1v) is 11.8. The predicted octanol–water partition coefficient (Wildman–Crippen LogP) is 3.31. The summed E-state index contributed by atoms with van der Waals surface area (Å²) in [6.45, 7) is 6.85. The zero-order chi connectivity index (χ0) is 23.2. The van der Waals surface area contributed by atoms with Gasteiger partial charge in [-0.15, -0.1) is 0 Å². The zero-order valence-electron chi connectivity index (χ0n) is 19.6. The molecule has 2 aliphatic rings. The van der Waals surface area contributed by atoms with Gasteiger partial charge in [-0.2, -0.15) is 0 Å². The number of ether oxygens (including phenoxy) is 1. The summed E-state index contributed by atoms with van der Waals surface area (Å²) in [5, 5.41) is 3.15. The van der Waals surface area contributed by atoms with Crippen LogP contribution in [0.2, 0.25) is 0 Å². The van der Waals surface area contributed by atoms with E-state index in [1.807, 2.05) is 53.1 Å². The highest BCUT2D eigenvalue weighted by Crippen LogP contribution is 2.26. The maximum absolute atomic E-state index is 12.9. The quantitative estimate of drug-likeness (QED) is 0.733. The molecular weight excluding hydrogens is 416 g/mol. The van der Waals surface area contributed by atoms with E-state index in [-0.39, 0.29) is 18.0 Å². The summed E-state index contributed by atoms with van der Waals surface area (Å²) in [6, 6.07) is 15.9. The molecule has 0 bridgehead atoms. The summed E-state index contributed by atoms with van der Waals surface area (Å²) >= 11 is 0. The van der Waals surface area contributed by atoms with E-state index in [1.54, 1.807) is 7.11 Å². The zero-order valence-corrected chi connectivity index (χ0v) is 19.6. The highest BCUT2D eigenvalue weighted by atomic mass is 16.5. The number of hydrogen-bond donors (Lipinski definition) is 1. The first kappa shape index (κ1) is 23.1. The molecule has 0 saturated carbocycles. The number of carbonyl (C=O) groups excluding carboxylic acids is 2. The smallest absolute Gasteiger partial charge is 0.317 e. The SMILES string of the molecule is COc1ccc(C(CNC(=O)N2CCN(C(=O)c3ccc(C)cc3)CC2)N2CCCC2)cc1. The lowest BCUT2D eigenvalue weighted by Gasteiger charge is -2.35. The number of likely N-dealkylation sites (tertiary alicyclic amines) is 1. The van der Waals surface area contributed by atoms with Crippen molar-refractivity contribution >= 4 is 11.9 Å². The van der Waals surface area contributed by atoms with Gasteiger partial charge in [-0.1, -0.05) is 29.8 Å². The third kappa shape index (κ3) is 5.66. The van der Waals surface area contributed by atoms with E-state index in [4.69, 9.17) is 4.74 Å². The van der Waals surface area contributed by atoms with Gasteiger partial charge in [0, 0.05) is 38.3 Å². The molecule has 1 N–H and O–H groups in total. The van der Waals surface area contributed by atoms with Crippen molar-refractivity contribution in [2.45, 2.75) is 25.8 Å². The van der Waals surface area contributed by atoms with E-state index in [0.29, 0.717) is 38.3 Å². The first-order valence-electron chi connectivity index (χ1n) is 11.8. The highest BCUT2D eigenvalue weighted by Gasteiger charge is 2.27. The van der Waals surface area contributed by atoms with Crippen molar-refractivity contribution in [2.24, 2.45) is 0 Å². The van der Waals surface area contributed by atoms with Crippen molar-refractivity contribution < 1.29 is 14.3 Å². The third-order valence-corrected chi connectivity index (χ3v) is 6.68. The van der Waals surface area contributed by atoms with Crippen LogP contribution in [0, 0.1) is 6.92 Å². The van der Waals surface area contributed by atoms with Crippen LogP contribution in [0.25, 0.3) is 0 Å². The van der Waals surface area contributed by atoms with E-state index in [9.17, 15) is 9.59 Å². The number of benzene rings is 2. The molecule has 0 spiro atoms. The number of urea groups is 1. The van der Waals surface area contributed by atoms with Crippen molar-refractivity contribution in [1.29, 1.82) is 0 Å². The van der Waals surface area contributed by atoms with Gasteiger partial charge in [0.2, 0.25) is 0 Å². The topological polar surface area (TPSA) is 65.1 Å². The second-order valence-electron chi connectivity index (χ2n) is 8.86. The van der Waals surface area contributed by atoms with Crippen LogP contribution in [0.1, 0.15) is 40.4 Å². The Morgan fingerprint density at radius 1 is 0.879 bits per heavy atom. The molecule has 2 fully saturated rings. The largest absolute Gasteiger partial charge is 0.497 e. The molecule has 0 aliphatic carbocycles. The summed E-state index contributed by atoms with van der Waals surface area (Å²) < 4.78 is 5.29. The average molecular weight is 451 g/mol. The van der Waals surface area contributed by atoms with E-state index in [1.165, 1.54) is 18.4 Å². The lowest BCUT2D eigenvalue weighted by molar-refractivity contribution is 0.0664. The number of piperazine rings is 1. The van der Waals surface area contributed by atoms with Gasteiger partial charge in [0.05, 0.1) is 13.2 Å². The molecular formula is C26H34N4O3. The first-order chi connectivity index (χ1) is 16.0. The third-order valence-electron chi connectivity index (χ3n) is 6.68. The number of nitrogens with zero attached hydrogens (tertiary/aromatic N) is 3. The molecule has 0 radical (unpaired) electrons. The van der Waals surface area contributed by atoms with E-state index < -0.39 is 0 Å². The Kier molecular flexibility index (Phi) is 7.50. The fraction of sp³-hybridized carbons (Fsp3) is 0.462.